The van der Waals surface area contributed by atoms with Crippen LogP contribution in [0.5, 0.6) is 0 Å². The van der Waals surface area contributed by atoms with Gasteiger partial charge in [0.25, 0.3) is 0 Å². The first-order chi connectivity index (χ1) is 26.9. The minimum Gasteiger partial charge on any atom is -0.459 e. The number of carbonyl (C=O) groups is 6. The van der Waals surface area contributed by atoms with Crippen molar-refractivity contribution in [2.24, 2.45) is 23.7 Å². The van der Waals surface area contributed by atoms with Crippen LogP contribution in [0.1, 0.15) is 121 Å². The van der Waals surface area contributed by atoms with Crippen molar-refractivity contribution in [3.63, 3.8) is 0 Å². The Bertz CT molecular complexity index is 1500. The van der Waals surface area contributed by atoms with Crippen LogP contribution in [0.3, 0.4) is 0 Å². The van der Waals surface area contributed by atoms with Crippen molar-refractivity contribution >= 4 is 35.4 Å². The van der Waals surface area contributed by atoms with Crippen LogP contribution in [-0.2, 0) is 57.2 Å². The lowest BCUT2D eigenvalue weighted by Gasteiger charge is -2.47. The summed E-state index contributed by atoms with van der Waals surface area (Å²) in [5.74, 6) is -7.11. The number of ketones is 2. The fourth-order valence-corrected chi connectivity index (χ4v) is 7.42. The average Bonchev–Trinajstić information content (AvgIpc) is 3.13. The van der Waals surface area contributed by atoms with E-state index in [4.69, 9.17) is 41.3 Å². The maximum Gasteiger partial charge on any atom is 0.307 e. The molecule has 0 aliphatic carbocycles. The molecule has 0 bridgehead atoms. The molecular weight excluding hydrogens is 772 g/mol. The van der Waals surface area contributed by atoms with Gasteiger partial charge in [-0.15, -0.1) is 24.7 Å². The third-order valence-electron chi connectivity index (χ3n) is 10.2. The molecule has 0 aromatic carbocycles. The molecule has 12 nitrogen and oxygen atoms in total. The normalized spacial score (nSPS) is 31.2. The van der Waals surface area contributed by atoms with Crippen LogP contribution in [0.25, 0.3) is 0 Å². The SMILES string of the molecule is C#CCCC(=O)CC1C(C)C(F)C(C)(F)OC1[C@H](OC(C)=O)[C@@H](CC)OC(C)=O.C#CCCC(=O)O[C@@H](C1OC(C)(F)C(F)C(C)C1CC(C)=O)[C@@H](CC)OC(C)=O. The van der Waals surface area contributed by atoms with E-state index in [0.29, 0.717) is 0 Å². The summed E-state index contributed by atoms with van der Waals surface area (Å²) in [6, 6.07) is 0. The lowest BCUT2D eigenvalue weighted by molar-refractivity contribution is -0.292. The second kappa shape index (κ2) is 23.5. The molecule has 0 spiro atoms. The average molecular weight is 833 g/mol. The summed E-state index contributed by atoms with van der Waals surface area (Å²) in [5, 5.41) is 0. The predicted octanol–water partition coefficient (Wildman–Crippen LogP) is 6.61. The van der Waals surface area contributed by atoms with Crippen molar-refractivity contribution in [1.29, 1.82) is 0 Å². The number of ether oxygens (including phenoxy) is 6. The van der Waals surface area contributed by atoms with Crippen molar-refractivity contribution in [3.8, 4) is 24.7 Å². The minimum absolute atomic E-state index is 0.0929. The molecule has 328 valence electrons. The number of alkyl halides is 4. The number of Topliss-reactive ketones (excluding diaryl/α,β-unsaturated/α-hetero) is 2. The molecule has 2 saturated heterocycles. The zero-order chi connectivity index (χ0) is 44.7. The summed E-state index contributed by atoms with van der Waals surface area (Å²) >= 11 is 0. The van der Waals surface area contributed by atoms with Gasteiger partial charge in [-0.1, -0.05) is 27.7 Å². The smallest absolute Gasteiger partial charge is 0.307 e. The molecule has 2 aliphatic rings. The molecule has 0 aromatic heterocycles. The molecule has 2 rings (SSSR count). The number of rotatable bonds is 18. The van der Waals surface area contributed by atoms with Crippen LogP contribution in [0, 0.1) is 48.4 Å². The Kier molecular flexibility index (Phi) is 21.1. The van der Waals surface area contributed by atoms with E-state index in [1.165, 1.54) is 34.6 Å². The number of esters is 4. The second-order valence-electron chi connectivity index (χ2n) is 15.2. The van der Waals surface area contributed by atoms with Gasteiger partial charge in [0, 0.05) is 64.7 Å². The third kappa shape index (κ3) is 15.3. The van der Waals surface area contributed by atoms with Gasteiger partial charge in [0.05, 0.1) is 6.42 Å². The van der Waals surface area contributed by atoms with Crippen molar-refractivity contribution in [1.82, 2.24) is 0 Å². The zero-order valence-electron chi connectivity index (χ0n) is 35.2. The maximum atomic E-state index is 14.8. The van der Waals surface area contributed by atoms with E-state index in [9.17, 15) is 46.3 Å². The first-order valence-corrected chi connectivity index (χ1v) is 19.5. The Morgan fingerprint density at radius 1 is 0.655 bits per heavy atom. The summed E-state index contributed by atoms with van der Waals surface area (Å²) in [7, 11) is 0. The van der Waals surface area contributed by atoms with Crippen LogP contribution in [0.4, 0.5) is 17.6 Å². The first kappa shape index (κ1) is 52.0. The highest BCUT2D eigenvalue weighted by Crippen LogP contribution is 2.45. The summed E-state index contributed by atoms with van der Waals surface area (Å²) < 4.78 is 91.1. The molecule has 0 aromatic rings. The highest BCUT2D eigenvalue weighted by atomic mass is 19.2. The van der Waals surface area contributed by atoms with Crippen LogP contribution in [-0.4, -0.2) is 96.1 Å². The van der Waals surface area contributed by atoms with Gasteiger partial charge in [-0.3, -0.25) is 24.0 Å². The number of halogens is 4. The largest absolute Gasteiger partial charge is 0.459 e. The summed E-state index contributed by atoms with van der Waals surface area (Å²) in [6.45, 7) is 13.1. The van der Waals surface area contributed by atoms with Crippen LogP contribution >= 0.6 is 0 Å². The Labute approximate surface area is 339 Å². The molecule has 2 fully saturated rings. The van der Waals surface area contributed by atoms with Gasteiger partial charge in [-0.2, -0.15) is 0 Å². The van der Waals surface area contributed by atoms with Gasteiger partial charge in [0.1, 0.15) is 36.0 Å². The topological polar surface area (TPSA) is 158 Å². The highest BCUT2D eigenvalue weighted by molar-refractivity contribution is 5.79. The van der Waals surface area contributed by atoms with Gasteiger partial charge in [-0.25, -0.2) is 17.6 Å². The fourth-order valence-electron chi connectivity index (χ4n) is 7.42. The Balaban J connectivity index is 0.000000580. The van der Waals surface area contributed by atoms with E-state index in [0.717, 1.165) is 20.8 Å². The van der Waals surface area contributed by atoms with Gasteiger partial charge in [0.2, 0.25) is 11.7 Å². The van der Waals surface area contributed by atoms with E-state index in [-0.39, 0.29) is 62.9 Å². The Hall–Kier alpha value is -4.02. The van der Waals surface area contributed by atoms with Crippen molar-refractivity contribution < 1.29 is 74.8 Å². The summed E-state index contributed by atoms with van der Waals surface area (Å²) in [4.78, 5) is 71.1. The van der Waals surface area contributed by atoms with E-state index in [1.54, 1.807) is 13.8 Å². The predicted molar refractivity (Wildman–Crippen MR) is 202 cm³/mol. The molecule has 16 heteroatoms. The van der Waals surface area contributed by atoms with Crippen LogP contribution in [0.15, 0.2) is 0 Å². The molecule has 2 aliphatic heterocycles. The van der Waals surface area contributed by atoms with E-state index < -0.39 is 108 Å². The molecule has 0 radical (unpaired) electrons. The molecule has 14 atom stereocenters. The summed E-state index contributed by atoms with van der Waals surface area (Å²) in [6.07, 6.45) is 0.300. The molecule has 0 N–H and O–H groups in total. The van der Waals surface area contributed by atoms with Crippen LogP contribution in [0.2, 0.25) is 0 Å². The molecule has 10 unspecified atom stereocenters. The lowest BCUT2D eigenvalue weighted by atomic mass is 9.74. The number of carbonyl (C=O) groups excluding carboxylic acids is 6. The van der Waals surface area contributed by atoms with Gasteiger partial charge in [-0.05, 0) is 45.4 Å². The van der Waals surface area contributed by atoms with Crippen molar-refractivity contribution in [3.05, 3.63) is 0 Å². The van der Waals surface area contributed by atoms with Gasteiger partial charge >= 0.3 is 23.9 Å². The standard InChI is InChI=1S/2C21H30F2O6/c1-7-9-10-15(26)11-16-12(3)20(22)21(6,23)29-18(16)19(28-14(5)25)17(8-2)27-13(4)24;1-7-9-10-17(26)28-19(16(8-2)27-14(5)25)18-15(11-12(3)24)13(4)20(22)21(6,23)29-18/h1,12,16-20H,8-11H2,2-6H3;1,13,15-16,18-20H,8-11H2,2-6H3/t12?,16?,17-,18?,19-,20?,21?;13?,15?,16-,18?,19-,20?,21?/m11/s1. The van der Waals surface area contributed by atoms with Crippen molar-refractivity contribution in [2.45, 2.75) is 181 Å². The van der Waals surface area contributed by atoms with E-state index in [1.807, 2.05) is 0 Å². The third-order valence-corrected chi connectivity index (χ3v) is 10.2. The maximum absolute atomic E-state index is 14.8. The fraction of sp³-hybridized carbons (Fsp3) is 0.762. The molecule has 58 heavy (non-hydrogen) atoms. The zero-order valence-corrected chi connectivity index (χ0v) is 35.2. The second-order valence-corrected chi connectivity index (χ2v) is 15.2. The van der Waals surface area contributed by atoms with Gasteiger partial charge in [0.15, 0.2) is 24.6 Å². The highest BCUT2D eigenvalue weighted by Gasteiger charge is 2.57. The minimum atomic E-state index is -2.66. The quantitative estimate of drug-likeness (QED) is 0.0631. The first-order valence-electron chi connectivity index (χ1n) is 19.5. The Morgan fingerprint density at radius 2 is 1.03 bits per heavy atom. The lowest BCUT2D eigenvalue weighted by Crippen LogP contribution is -2.60. The van der Waals surface area contributed by atoms with Crippen LogP contribution < -0.4 is 0 Å². The monoisotopic (exact) mass is 832 g/mol. The Morgan fingerprint density at radius 3 is 1.40 bits per heavy atom. The number of terminal acetylenes is 2. The van der Waals surface area contributed by atoms with E-state index in [2.05, 4.69) is 11.8 Å². The molecule has 0 saturated carbocycles. The molecular formula is C42H60F4O12. The number of hydrogen-bond acceptors (Lipinski definition) is 12. The molecule has 0 amide bonds. The number of hydrogen-bond donors (Lipinski definition) is 0. The molecule has 2 heterocycles. The summed E-state index contributed by atoms with van der Waals surface area (Å²) in [5.41, 5.74) is 0. The van der Waals surface area contributed by atoms with Crippen molar-refractivity contribution in [2.75, 3.05) is 0 Å². The van der Waals surface area contributed by atoms with Gasteiger partial charge < -0.3 is 33.2 Å². The van der Waals surface area contributed by atoms with E-state index >= 15 is 0 Å².